The maximum absolute atomic E-state index is 13.6. The van der Waals surface area contributed by atoms with Crippen molar-refractivity contribution >= 4 is 0 Å². The van der Waals surface area contributed by atoms with Crippen molar-refractivity contribution < 1.29 is 14.2 Å². The van der Waals surface area contributed by atoms with E-state index < -0.39 is 0 Å². The summed E-state index contributed by atoms with van der Waals surface area (Å²) in [5.74, 6) is 0.428. The minimum absolute atomic E-state index is 0.0930. The summed E-state index contributed by atoms with van der Waals surface area (Å²) in [5.41, 5.74) is 1.94. The van der Waals surface area contributed by atoms with Gasteiger partial charge in [-0.2, -0.15) is 0 Å². The van der Waals surface area contributed by atoms with Crippen LogP contribution in [0.25, 0.3) is 0 Å². The molecule has 0 saturated heterocycles. The highest BCUT2D eigenvalue weighted by atomic mass is 19.1. The van der Waals surface area contributed by atoms with Crippen molar-refractivity contribution in [3.63, 3.8) is 0 Å². The molecule has 1 heterocycles. The molecule has 21 heavy (non-hydrogen) atoms. The van der Waals surface area contributed by atoms with Crippen molar-refractivity contribution in [3.05, 3.63) is 53.0 Å². The Kier molecular flexibility index (Phi) is 4.28. The lowest BCUT2D eigenvalue weighted by molar-refractivity contribution is 0.280. The third-order valence-electron chi connectivity index (χ3n) is 3.18. The van der Waals surface area contributed by atoms with Gasteiger partial charge in [0.15, 0.2) is 0 Å². The number of aryl methyl sites for hydroxylation is 1. The van der Waals surface area contributed by atoms with Crippen molar-refractivity contribution in [2.45, 2.75) is 39.7 Å². The summed E-state index contributed by atoms with van der Waals surface area (Å²) in [6, 6.07) is 8.20. The standard InChI is InChI=1S/C17H20FNO2/c1-11-5-6-13(9-14(11)18)21-16-8-12(10-20)7-15(19-16)17(2,3)4/h5-9,20H,10H2,1-4H3. The first-order valence-corrected chi connectivity index (χ1v) is 6.86. The number of rotatable bonds is 3. The van der Waals surface area contributed by atoms with Crippen LogP contribution in [0.3, 0.4) is 0 Å². The Labute approximate surface area is 124 Å². The molecule has 1 aromatic carbocycles. The smallest absolute Gasteiger partial charge is 0.219 e. The van der Waals surface area contributed by atoms with Gasteiger partial charge in [-0.3, -0.25) is 0 Å². The predicted octanol–water partition coefficient (Wildman–Crippen LogP) is 4.11. The number of benzene rings is 1. The van der Waals surface area contributed by atoms with Gasteiger partial charge in [0.05, 0.1) is 12.3 Å². The molecule has 0 spiro atoms. The average molecular weight is 289 g/mol. The SMILES string of the molecule is Cc1ccc(Oc2cc(CO)cc(C(C)(C)C)n2)cc1F. The van der Waals surface area contributed by atoms with Gasteiger partial charge in [-0.15, -0.1) is 0 Å². The highest BCUT2D eigenvalue weighted by Gasteiger charge is 2.18. The topological polar surface area (TPSA) is 42.4 Å². The number of aliphatic hydroxyl groups excluding tert-OH is 1. The molecule has 0 aliphatic rings. The fourth-order valence-corrected chi connectivity index (χ4v) is 1.84. The summed E-state index contributed by atoms with van der Waals surface area (Å²) in [6.45, 7) is 7.70. The van der Waals surface area contributed by atoms with Gasteiger partial charge in [-0.25, -0.2) is 9.37 Å². The minimum atomic E-state index is -0.318. The first-order chi connectivity index (χ1) is 9.79. The summed E-state index contributed by atoms with van der Waals surface area (Å²) >= 11 is 0. The van der Waals surface area contributed by atoms with E-state index in [-0.39, 0.29) is 17.8 Å². The van der Waals surface area contributed by atoms with Crippen molar-refractivity contribution in [1.29, 1.82) is 0 Å². The lowest BCUT2D eigenvalue weighted by atomic mass is 9.91. The zero-order valence-electron chi connectivity index (χ0n) is 12.8. The number of pyridine rings is 1. The number of halogens is 1. The van der Waals surface area contributed by atoms with E-state index in [2.05, 4.69) is 4.98 Å². The van der Waals surface area contributed by atoms with Crippen LogP contribution in [0.4, 0.5) is 4.39 Å². The van der Waals surface area contributed by atoms with E-state index >= 15 is 0 Å². The van der Waals surface area contributed by atoms with Crippen molar-refractivity contribution in [1.82, 2.24) is 4.98 Å². The molecule has 112 valence electrons. The molecule has 1 aromatic heterocycles. The Morgan fingerprint density at radius 2 is 1.90 bits per heavy atom. The Hall–Kier alpha value is -1.94. The Morgan fingerprint density at radius 1 is 1.19 bits per heavy atom. The van der Waals surface area contributed by atoms with Crippen LogP contribution < -0.4 is 4.74 Å². The van der Waals surface area contributed by atoms with Gasteiger partial charge in [0, 0.05) is 17.5 Å². The molecule has 3 nitrogen and oxygen atoms in total. The number of hydrogen-bond donors (Lipinski definition) is 1. The molecule has 0 bridgehead atoms. The number of nitrogens with zero attached hydrogens (tertiary/aromatic N) is 1. The lowest BCUT2D eigenvalue weighted by Gasteiger charge is -2.19. The van der Waals surface area contributed by atoms with Crippen molar-refractivity contribution in [2.75, 3.05) is 0 Å². The summed E-state index contributed by atoms with van der Waals surface area (Å²) in [5, 5.41) is 9.36. The average Bonchev–Trinajstić information content (AvgIpc) is 2.41. The number of ether oxygens (including phenoxy) is 1. The Balaban J connectivity index is 2.36. The van der Waals surface area contributed by atoms with E-state index in [9.17, 15) is 9.50 Å². The van der Waals surface area contributed by atoms with Crippen LogP contribution in [0.1, 0.15) is 37.6 Å². The number of aromatic nitrogens is 1. The quantitative estimate of drug-likeness (QED) is 0.924. The molecular formula is C17H20FNO2. The third kappa shape index (κ3) is 3.79. The first-order valence-electron chi connectivity index (χ1n) is 6.86. The van der Waals surface area contributed by atoms with Gasteiger partial charge in [-0.05, 0) is 30.2 Å². The fraction of sp³-hybridized carbons (Fsp3) is 0.353. The summed E-state index contributed by atoms with van der Waals surface area (Å²) in [4.78, 5) is 4.44. The molecule has 2 rings (SSSR count). The highest BCUT2D eigenvalue weighted by molar-refractivity contribution is 5.34. The largest absolute Gasteiger partial charge is 0.439 e. The summed E-state index contributed by atoms with van der Waals surface area (Å²) < 4.78 is 19.2. The monoisotopic (exact) mass is 289 g/mol. The molecule has 4 heteroatoms. The van der Waals surface area contributed by atoms with E-state index in [4.69, 9.17) is 4.74 Å². The molecule has 0 fully saturated rings. The second-order valence-electron chi connectivity index (χ2n) is 6.12. The van der Waals surface area contributed by atoms with Crippen LogP contribution in [-0.2, 0) is 12.0 Å². The van der Waals surface area contributed by atoms with Crippen LogP contribution >= 0.6 is 0 Å². The Bertz CT molecular complexity index is 648. The predicted molar refractivity (Wildman–Crippen MR) is 80.1 cm³/mol. The van der Waals surface area contributed by atoms with Gasteiger partial charge in [0.2, 0.25) is 5.88 Å². The second kappa shape index (κ2) is 5.82. The van der Waals surface area contributed by atoms with Gasteiger partial charge in [0.1, 0.15) is 11.6 Å². The molecule has 1 N–H and O–H groups in total. The molecule has 0 radical (unpaired) electrons. The van der Waals surface area contributed by atoms with E-state index in [1.165, 1.54) is 6.07 Å². The normalized spacial score (nSPS) is 11.5. The fourth-order valence-electron chi connectivity index (χ4n) is 1.84. The molecule has 0 saturated carbocycles. The van der Waals surface area contributed by atoms with E-state index in [1.54, 1.807) is 25.1 Å². The first kappa shape index (κ1) is 15.4. The van der Waals surface area contributed by atoms with Crippen LogP contribution in [0.2, 0.25) is 0 Å². The zero-order chi connectivity index (χ0) is 15.6. The Morgan fingerprint density at radius 3 is 2.48 bits per heavy atom. The van der Waals surface area contributed by atoms with Crippen LogP contribution in [-0.4, -0.2) is 10.1 Å². The molecule has 0 aliphatic carbocycles. The van der Waals surface area contributed by atoms with Gasteiger partial charge >= 0.3 is 0 Å². The van der Waals surface area contributed by atoms with E-state index in [0.717, 1.165) is 11.3 Å². The maximum atomic E-state index is 13.6. The molecule has 0 amide bonds. The molecule has 0 aliphatic heterocycles. The van der Waals surface area contributed by atoms with E-state index in [0.29, 0.717) is 17.2 Å². The number of hydrogen-bond acceptors (Lipinski definition) is 3. The van der Waals surface area contributed by atoms with Gasteiger partial charge in [0.25, 0.3) is 0 Å². The summed E-state index contributed by atoms with van der Waals surface area (Å²) in [6.07, 6.45) is 0. The maximum Gasteiger partial charge on any atom is 0.219 e. The zero-order valence-corrected chi connectivity index (χ0v) is 12.8. The lowest BCUT2D eigenvalue weighted by Crippen LogP contribution is -2.14. The second-order valence-corrected chi connectivity index (χ2v) is 6.12. The number of aliphatic hydroxyl groups is 1. The van der Waals surface area contributed by atoms with Crippen molar-refractivity contribution in [3.8, 4) is 11.6 Å². The highest BCUT2D eigenvalue weighted by Crippen LogP contribution is 2.27. The third-order valence-corrected chi connectivity index (χ3v) is 3.18. The van der Waals surface area contributed by atoms with Crippen molar-refractivity contribution in [2.24, 2.45) is 0 Å². The molecule has 0 unspecified atom stereocenters. The molecule has 0 atom stereocenters. The molecular weight excluding hydrogens is 269 g/mol. The van der Waals surface area contributed by atoms with Gasteiger partial charge in [-0.1, -0.05) is 26.8 Å². The van der Waals surface area contributed by atoms with E-state index in [1.807, 2.05) is 26.8 Å². The summed E-state index contributed by atoms with van der Waals surface area (Å²) in [7, 11) is 0. The van der Waals surface area contributed by atoms with Gasteiger partial charge < -0.3 is 9.84 Å². The minimum Gasteiger partial charge on any atom is -0.439 e. The van der Waals surface area contributed by atoms with Crippen LogP contribution in [0.5, 0.6) is 11.6 Å². The van der Waals surface area contributed by atoms with Crippen LogP contribution in [0, 0.1) is 12.7 Å². The molecule has 2 aromatic rings. The van der Waals surface area contributed by atoms with Crippen LogP contribution in [0.15, 0.2) is 30.3 Å².